The van der Waals surface area contributed by atoms with Crippen LogP contribution >= 0.6 is 0 Å². The van der Waals surface area contributed by atoms with Gasteiger partial charge in [0.2, 0.25) is 5.91 Å². The number of hydrogen-bond donors (Lipinski definition) is 0. The zero-order valence-electron chi connectivity index (χ0n) is 23.5. The summed E-state index contributed by atoms with van der Waals surface area (Å²) in [7, 11) is 3.04. The number of esters is 1. The number of nitrogens with zero attached hydrogens (tertiary/aromatic N) is 1. The third-order valence-corrected chi connectivity index (χ3v) is 6.12. The van der Waals surface area contributed by atoms with Crippen molar-refractivity contribution in [2.75, 3.05) is 27.6 Å². The van der Waals surface area contributed by atoms with Gasteiger partial charge in [-0.05, 0) is 52.0 Å². The second-order valence-corrected chi connectivity index (χ2v) is 10.4. The van der Waals surface area contributed by atoms with Crippen molar-refractivity contribution >= 4 is 18.0 Å². The van der Waals surface area contributed by atoms with Crippen molar-refractivity contribution < 1.29 is 38.1 Å². The molecule has 9 heteroatoms. The van der Waals surface area contributed by atoms with Crippen LogP contribution in [0.25, 0.3) is 0 Å². The van der Waals surface area contributed by atoms with E-state index in [0.29, 0.717) is 19.3 Å². The van der Waals surface area contributed by atoms with Crippen molar-refractivity contribution in [2.24, 2.45) is 5.92 Å². The summed E-state index contributed by atoms with van der Waals surface area (Å²) in [5, 5.41) is 0. The van der Waals surface area contributed by atoms with Crippen LogP contribution in [0.15, 0.2) is 42.5 Å². The highest BCUT2D eigenvalue weighted by atomic mass is 16.7. The lowest BCUT2D eigenvalue weighted by atomic mass is 9.96. The minimum Gasteiger partial charge on any atom is -0.460 e. The molecule has 0 aromatic heterocycles. The molecule has 1 fully saturated rings. The second-order valence-electron chi connectivity index (χ2n) is 10.4. The molecule has 1 saturated heterocycles. The molecule has 1 heterocycles. The van der Waals surface area contributed by atoms with E-state index >= 15 is 0 Å². The molecule has 0 N–H and O–H groups in total. The van der Waals surface area contributed by atoms with Crippen molar-refractivity contribution in [3.63, 3.8) is 0 Å². The van der Waals surface area contributed by atoms with Crippen molar-refractivity contribution in [2.45, 2.75) is 83.6 Å². The van der Waals surface area contributed by atoms with Gasteiger partial charge >= 0.3 is 12.1 Å². The third kappa shape index (κ3) is 10.2. The average Bonchev–Trinajstić information content (AvgIpc) is 3.23. The molecule has 0 bridgehead atoms. The van der Waals surface area contributed by atoms with Crippen molar-refractivity contribution in [1.29, 1.82) is 0 Å². The van der Waals surface area contributed by atoms with Gasteiger partial charge in [0.05, 0.1) is 12.0 Å². The first kappa shape index (κ1) is 31.5. The quantitative estimate of drug-likeness (QED) is 0.139. The molecule has 0 aliphatic carbocycles. The maximum Gasteiger partial charge on any atom is 0.416 e. The Morgan fingerprint density at radius 3 is 2.50 bits per heavy atom. The van der Waals surface area contributed by atoms with Crippen molar-refractivity contribution in [3.8, 4) is 0 Å². The summed E-state index contributed by atoms with van der Waals surface area (Å²) in [5.74, 6) is -1.30. The fraction of sp³-hybridized carbons (Fsp3) is 0.621. The van der Waals surface area contributed by atoms with Gasteiger partial charge in [0.1, 0.15) is 31.2 Å². The van der Waals surface area contributed by atoms with Crippen LogP contribution in [-0.4, -0.2) is 74.3 Å². The monoisotopic (exact) mass is 533 g/mol. The number of imide groups is 1. The lowest BCUT2D eigenvalue weighted by Crippen LogP contribution is -2.49. The molecule has 4 atom stereocenters. The van der Waals surface area contributed by atoms with Gasteiger partial charge in [-0.3, -0.25) is 9.59 Å². The van der Waals surface area contributed by atoms with E-state index in [-0.39, 0.29) is 25.3 Å². The van der Waals surface area contributed by atoms with Gasteiger partial charge in [0, 0.05) is 20.6 Å². The van der Waals surface area contributed by atoms with E-state index in [2.05, 4.69) is 0 Å². The largest absolute Gasteiger partial charge is 0.460 e. The smallest absolute Gasteiger partial charge is 0.416 e. The Hall–Kier alpha value is -2.75. The highest BCUT2D eigenvalue weighted by molar-refractivity contribution is 5.95. The predicted molar refractivity (Wildman–Crippen MR) is 142 cm³/mol. The number of methoxy groups -OCH3 is 2. The maximum atomic E-state index is 13.5. The zero-order valence-corrected chi connectivity index (χ0v) is 23.5. The summed E-state index contributed by atoms with van der Waals surface area (Å²) < 4.78 is 27.2. The Kier molecular flexibility index (Phi) is 12.9. The SMILES string of the molecule is COCO[C@H]([C@H](/C=C/CCCCC(=O)OC(C)(C)C)OC)[C@H](C)C(=O)N1C(=O)OC[C@@H]1Cc1ccccc1. The Bertz CT molecular complexity index is 911. The standard InChI is InChI=1S/C29H43NO8/c1-21(27(32)30-23(19-36-28(30)33)18-22-14-10-9-11-15-22)26(37-20-34-5)24(35-6)16-12-7-8-13-17-25(31)38-29(2,3)4/h9-12,14-16,21,23-24,26H,7-8,13,17-20H2,1-6H3/b16-12+/t21-,23-,24-,26-/m0/s1. The van der Waals surface area contributed by atoms with Crippen LogP contribution in [0.5, 0.6) is 0 Å². The van der Waals surface area contributed by atoms with E-state index in [9.17, 15) is 14.4 Å². The van der Waals surface area contributed by atoms with E-state index in [0.717, 1.165) is 18.4 Å². The molecule has 0 spiro atoms. The first-order valence-corrected chi connectivity index (χ1v) is 13.1. The van der Waals surface area contributed by atoms with Gasteiger partial charge in [-0.1, -0.05) is 49.4 Å². The van der Waals surface area contributed by atoms with E-state index in [1.807, 2.05) is 63.3 Å². The maximum absolute atomic E-state index is 13.5. The number of allylic oxidation sites excluding steroid dienone is 1. The molecule has 1 aromatic carbocycles. The second kappa shape index (κ2) is 15.6. The third-order valence-electron chi connectivity index (χ3n) is 6.12. The van der Waals surface area contributed by atoms with Crippen molar-refractivity contribution in [1.82, 2.24) is 4.90 Å². The van der Waals surface area contributed by atoms with Crippen LogP contribution in [-0.2, 0) is 39.7 Å². The lowest BCUT2D eigenvalue weighted by molar-refractivity contribution is -0.155. The minimum absolute atomic E-state index is 0.0379. The van der Waals surface area contributed by atoms with Crippen LogP contribution in [0.1, 0.15) is 58.9 Å². The summed E-state index contributed by atoms with van der Waals surface area (Å²) in [6, 6.07) is 9.27. The molecule has 1 aliphatic rings. The number of unbranched alkanes of at least 4 members (excludes halogenated alkanes) is 2. The molecule has 38 heavy (non-hydrogen) atoms. The Morgan fingerprint density at radius 2 is 1.87 bits per heavy atom. The van der Waals surface area contributed by atoms with Crippen LogP contribution in [0.4, 0.5) is 4.79 Å². The van der Waals surface area contributed by atoms with Crippen LogP contribution in [0, 0.1) is 5.92 Å². The molecule has 9 nitrogen and oxygen atoms in total. The Labute approximate surface area is 226 Å². The minimum atomic E-state index is -0.712. The van der Waals surface area contributed by atoms with E-state index < -0.39 is 35.9 Å². The number of carbonyl (C=O) groups excluding carboxylic acids is 3. The Morgan fingerprint density at radius 1 is 1.16 bits per heavy atom. The molecular formula is C29H43NO8. The number of rotatable bonds is 15. The molecular weight excluding hydrogens is 490 g/mol. The fourth-order valence-electron chi connectivity index (χ4n) is 4.27. The first-order valence-electron chi connectivity index (χ1n) is 13.1. The Balaban J connectivity index is 2.01. The normalized spacial score (nSPS) is 18.3. The van der Waals surface area contributed by atoms with Crippen LogP contribution < -0.4 is 0 Å². The first-order chi connectivity index (χ1) is 18.1. The average molecular weight is 534 g/mol. The van der Waals surface area contributed by atoms with Gasteiger partial charge in [-0.25, -0.2) is 9.69 Å². The number of amides is 2. The number of ether oxygens (including phenoxy) is 5. The van der Waals surface area contributed by atoms with Gasteiger partial charge in [-0.2, -0.15) is 0 Å². The van der Waals surface area contributed by atoms with E-state index in [1.54, 1.807) is 14.0 Å². The van der Waals surface area contributed by atoms with Crippen LogP contribution in [0.3, 0.4) is 0 Å². The van der Waals surface area contributed by atoms with Gasteiger partial charge < -0.3 is 23.7 Å². The molecule has 1 aliphatic heterocycles. The number of benzene rings is 1. The molecule has 212 valence electrons. The molecule has 2 amide bonds. The summed E-state index contributed by atoms with van der Waals surface area (Å²) >= 11 is 0. The topological polar surface area (TPSA) is 101 Å². The molecule has 2 rings (SSSR count). The fourth-order valence-corrected chi connectivity index (χ4v) is 4.27. The highest BCUT2D eigenvalue weighted by Gasteiger charge is 2.43. The van der Waals surface area contributed by atoms with Crippen LogP contribution in [0.2, 0.25) is 0 Å². The summed E-state index contributed by atoms with van der Waals surface area (Å²) in [5.41, 5.74) is 0.527. The molecule has 0 saturated carbocycles. The summed E-state index contributed by atoms with van der Waals surface area (Å²) in [4.78, 5) is 39.2. The molecule has 0 unspecified atom stereocenters. The molecule has 1 aromatic rings. The number of carbonyl (C=O) groups is 3. The lowest BCUT2D eigenvalue weighted by Gasteiger charge is -2.31. The molecule has 0 radical (unpaired) electrons. The number of hydrogen-bond acceptors (Lipinski definition) is 8. The van der Waals surface area contributed by atoms with Gasteiger partial charge in [0.15, 0.2) is 0 Å². The van der Waals surface area contributed by atoms with E-state index in [1.165, 1.54) is 12.0 Å². The zero-order chi connectivity index (χ0) is 28.1. The highest BCUT2D eigenvalue weighted by Crippen LogP contribution is 2.24. The van der Waals surface area contributed by atoms with E-state index in [4.69, 9.17) is 23.7 Å². The predicted octanol–water partition coefficient (Wildman–Crippen LogP) is 4.68. The summed E-state index contributed by atoms with van der Waals surface area (Å²) in [6.07, 6.45) is 4.98. The summed E-state index contributed by atoms with van der Waals surface area (Å²) in [6.45, 7) is 7.37. The van der Waals surface area contributed by atoms with Gasteiger partial charge in [0.25, 0.3) is 0 Å². The van der Waals surface area contributed by atoms with Gasteiger partial charge in [-0.15, -0.1) is 0 Å². The van der Waals surface area contributed by atoms with Crippen molar-refractivity contribution in [3.05, 3.63) is 48.0 Å². The number of cyclic esters (lactones) is 1.